The van der Waals surface area contributed by atoms with Crippen molar-refractivity contribution in [2.45, 2.75) is 17.7 Å². The number of nitrogens with one attached hydrogen (secondary N) is 1. The van der Waals surface area contributed by atoms with Crippen LogP contribution in [0.15, 0.2) is 65.6 Å². The Morgan fingerprint density at radius 2 is 1.59 bits per heavy atom. The van der Waals surface area contributed by atoms with E-state index in [0.29, 0.717) is 13.1 Å². The number of thioether (sulfide) groups is 1. The van der Waals surface area contributed by atoms with Gasteiger partial charge >= 0.3 is 0 Å². The van der Waals surface area contributed by atoms with Gasteiger partial charge in [-0.05, 0) is 38.1 Å². The molecule has 0 bridgehead atoms. The molecule has 4 nitrogen and oxygen atoms in total. The number of Topliss-reactive ketones (excluding diaryl/α,β-unsaturated/α-hetero) is 1. The molecular weight excluding hydrogens is 356 g/mol. The molecule has 142 valence electrons. The van der Waals surface area contributed by atoms with Crippen LogP contribution in [0.1, 0.15) is 23.2 Å². The molecule has 27 heavy (non-hydrogen) atoms. The van der Waals surface area contributed by atoms with Gasteiger partial charge in [0, 0.05) is 28.7 Å². The number of ketones is 1. The second-order valence-corrected chi connectivity index (χ2v) is 7.96. The average molecular weight is 383 g/mol. The quantitative estimate of drug-likeness (QED) is 0.431. The van der Waals surface area contributed by atoms with E-state index < -0.39 is 0 Å². The first kappa shape index (κ1) is 19.6. The molecule has 1 heterocycles. The predicted octanol–water partition coefficient (Wildman–Crippen LogP) is 3.49. The van der Waals surface area contributed by atoms with Gasteiger partial charge in [0.2, 0.25) is 5.91 Å². The van der Waals surface area contributed by atoms with E-state index in [-0.39, 0.29) is 17.6 Å². The molecule has 0 atom stereocenters. The van der Waals surface area contributed by atoms with Crippen LogP contribution in [0.2, 0.25) is 0 Å². The van der Waals surface area contributed by atoms with Crippen LogP contribution in [0.4, 0.5) is 0 Å². The summed E-state index contributed by atoms with van der Waals surface area (Å²) in [5.74, 6) is 1.24. The second kappa shape index (κ2) is 10.3. The fourth-order valence-corrected chi connectivity index (χ4v) is 4.12. The van der Waals surface area contributed by atoms with Crippen LogP contribution in [0.3, 0.4) is 0 Å². The van der Waals surface area contributed by atoms with Crippen LogP contribution in [-0.4, -0.2) is 48.5 Å². The number of hydrogen-bond donors (Lipinski definition) is 1. The Labute approximate surface area is 165 Å². The maximum atomic E-state index is 12.5. The summed E-state index contributed by atoms with van der Waals surface area (Å²) in [6, 6.07) is 19.7. The molecular formula is C22H26N2O2S. The summed E-state index contributed by atoms with van der Waals surface area (Å²) in [4.78, 5) is 28.0. The van der Waals surface area contributed by atoms with Crippen molar-refractivity contribution < 1.29 is 9.59 Å². The molecule has 2 aromatic rings. The van der Waals surface area contributed by atoms with Crippen LogP contribution in [0.25, 0.3) is 0 Å². The highest BCUT2D eigenvalue weighted by atomic mass is 32.2. The maximum absolute atomic E-state index is 12.5. The first-order valence-electron chi connectivity index (χ1n) is 9.48. The van der Waals surface area contributed by atoms with E-state index in [1.54, 1.807) is 11.8 Å². The van der Waals surface area contributed by atoms with Gasteiger partial charge in [-0.25, -0.2) is 0 Å². The SMILES string of the molecule is O=C(CN1CCC(C(=O)c2ccccc2)CC1)NCCSc1ccccc1. The normalized spacial score (nSPS) is 15.4. The molecule has 1 aliphatic rings. The number of hydrogen-bond acceptors (Lipinski definition) is 4. The van der Waals surface area contributed by atoms with Gasteiger partial charge in [0.25, 0.3) is 0 Å². The van der Waals surface area contributed by atoms with Gasteiger partial charge in [-0.3, -0.25) is 14.5 Å². The van der Waals surface area contributed by atoms with Crippen molar-refractivity contribution in [3.05, 3.63) is 66.2 Å². The summed E-state index contributed by atoms with van der Waals surface area (Å²) in [5.41, 5.74) is 0.796. The Morgan fingerprint density at radius 3 is 2.26 bits per heavy atom. The van der Waals surface area contributed by atoms with E-state index in [4.69, 9.17) is 0 Å². The molecule has 1 saturated heterocycles. The van der Waals surface area contributed by atoms with Gasteiger partial charge in [0.1, 0.15) is 0 Å². The third-order valence-electron chi connectivity index (χ3n) is 4.82. The van der Waals surface area contributed by atoms with Crippen molar-refractivity contribution >= 4 is 23.5 Å². The largest absolute Gasteiger partial charge is 0.354 e. The molecule has 0 aliphatic carbocycles. The maximum Gasteiger partial charge on any atom is 0.234 e. The average Bonchev–Trinajstić information content (AvgIpc) is 2.73. The zero-order valence-electron chi connectivity index (χ0n) is 15.5. The molecule has 0 spiro atoms. The number of carbonyl (C=O) groups is 2. The van der Waals surface area contributed by atoms with Gasteiger partial charge in [0.15, 0.2) is 5.78 Å². The zero-order chi connectivity index (χ0) is 18.9. The predicted molar refractivity (Wildman–Crippen MR) is 110 cm³/mol. The smallest absolute Gasteiger partial charge is 0.234 e. The molecule has 0 unspecified atom stereocenters. The van der Waals surface area contributed by atoms with E-state index in [2.05, 4.69) is 22.3 Å². The fraction of sp³-hybridized carbons (Fsp3) is 0.364. The lowest BCUT2D eigenvalue weighted by atomic mass is 9.89. The van der Waals surface area contributed by atoms with Gasteiger partial charge < -0.3 is 5.32 Å². The number of benzene rings is 2. The van der Waals surface area contributed by atoms with Crippen molar-refractivity contribution in [3.8, 4) is 0 Å². The van der Waals surface area contributed by atoms with Gasteiger partial charge in [0.05, 0.1) is 6.54 Å². The lowest BCUT2D eigenvalue weighted by Crippen LogP contribution is -2.43. The third-order valence-corrected chi connectivity index (χ3v) is 5.83. The highest BCUT2D eigenvalue weighted by Crippen LogP contribution is 2.21. The molecule has 0 radical (unpaired) electrons. The van der Waals surface area contributed by atoms with E-state index in [9.17, 15) is 9.59 Å². The van der Waals surface area contributed by atoms with Gasteiger partial charge in [-0.1, -0.05) is 48.5 Å². The van der Waals surface area contributed by atoms with E-state index in [1.165, 1.54) is 4.90 Å². The topological polar surface area (TPSA) is 49.4 Å². The van der Waals surface area contributed by atoms with Crippen LogP contribution in [-0.2, 0) is 4.79 Å². The van der Waals surface area contributed by atoms with Crippen LogP contribution >= 0.6 is 11.8 Å². The van der Waals surface area contributed by atoms with Crippen molar-refractivity contribution in [3.63, 3.8) is 0 Å². The van der Waals surface area contributed by atoms with Crippen molar-refractivity contribution in [2.75, 3.05) is 31.9 Å². The zero-order valence-corrected chi connectivity index (χ0v) is 16.3. The molecule has 1 fully saturated rings. The summed E-state index contributed by atoms with van der Waals surface area (Å²) < 4.78 is 0. The molecule has 1 amide bonds. The van der Waals surface area contributed by atoms with Crippen molar-refractivity contribution in [2.24, 2.45) is 5.92 Å². The molecule has 2 aromatic carbocycles. The minimum atomic E-state index is 0.0662. The molecule has 0 saturated carbocycles. The number of rotatable bonds is 8. The first-order chi connectivity index (χ1) is 13.2. The van der Waals surface area contributed by atoms with Crippen molar-refractivity contribution in [1.29, 1.82) is 0 Å². The van der Waals surface area contributed by atoms with E-state index >= 15 is 0 Å². The molecule has 1 aliphatic heterocycles. The van der Waals surface area contributed by atoms with E-state index in [1.807, 2.05) is 48.5 Å². The van der Waals surface area contributed by atoms with Crippen LogP contribution in [0, 0.1) is 5.92 Å². The summed E-state index contributed by atoms with van der Waals surface area (Å²) in [6.07, 6.45) is 1.65. The highest BCUT2D eigenvalue weighted by Gasteiger charge is 2.26. The summed E-state index contributed by atoms with van der Waals surface area (Å²) in [6.45, 7) is 2.69. The summed E-state index contributed by atoms with van der Waals surface area (Å²) in [5, 5.41) is 2.99. The van der Waals surface area contributed by atoms with Gasteiger partial charge in [-0.2, -0.15) is 0 Å². The highest BCUT2D eigenvalue weighted by molar-refractivity contribution is 7.99. The Hall–Kier alpha value is -2.11. The number of likely N-dealkylation sites (tertiary alicyclic amines) is 1. The van der Waals surface area contributed by atoms with Crippen LogP contribution in [0.5, 0.6) is 0 Å². The third kappa shape index (κ3) is 6.22. The lowest BCUT2D eigenvalue weighted by molar-refractivity contribution is -0.122. The number of nitrogens with zero attached hydrogens (tertiary/aromatic N) is 1. The molecule has 3 rings (SSSR count). The Balaban J connectivity index is 1.33. The Morgan fingerprint density at radius 1 is 0.963 bits per heavy atom. The fourth-order valence-electron chi connectivity index (χ4n) is 3.33. The summed E-state index contributed by atoms with van der Waals surface area (Å²) >= 11 is 1.74. The molecule has 1 N–H and O–H groups in total. The summed E-state index contributed by atoms with van der Waals surface area (Å²) in [7, 11) is 0. The van der Waals surface area contributed by atoms with Gasteiger partial charge in [-0.15, -0.1) is 11.8 Å². The molecule has 0 aromatic heterocycles. The minimum absolute atomic E-state index is 0.0662. The minimum Gasteiger partial charge on any atom is -0.354 e. The Kier molecular flexibility index (Phi) is 7.48. The molecule has 5 heteroatoms. The van der Waals surface area contributed by atoms with Crippen LogP contribution < -0.4 is 5.32 Å². The number of carbonyl (C=O) groups excluding carboxylic acids is 2. The first-order valence-corrected chi connectivity index (χ1v) is 10.5. The second-order valence-electron chi connectivity index (χ2n) is 6.79. The lowest BCUT2D eigenvalue weighted by Gasteiger charge is -2.30. The van der Waals surface area contributed by atoms with Crippen molar-refractivity contribution in [1.82, 2.24) is 10.2 Å². The Bertz CT molecular complexity index is 728. The number of amides is 1. The standard InChI is InChI=1S/C22H26N2O2S/c25-21(23-13-16-27-20-9-5-2-6-10-20)17-24-14-11-19(12-15-24)22(26)18-7-3-1-4-8-18/h1-10,19H,11-17H2,(H,23,25). The van der Waals surface area contributed by atoms with E-state index in [0.717, 1.165) is 37.2 Å². The number of piperidine rings is 1. The monoisotopic (exact) mass is 382 g/mol.